The van der Waals surface area contributed by atoms with Crippen molar-refractivity contribution in [2.45, 2.75) is 82.9 Å². The monoisotopic (exact) mass is 294 g/mol. The van der Waals surface area contributed by atoms with Gasteiger partial charge in [-0.15, -0.1) is 0 Å². The Balaban J connectivity index is 1.50. The summed E-state index contributed by atoms with van der Waals surface area (Å²) in [6.45, 7) is 2.72. The number of amides is 1. The highest BCUT2D eigenvalue weighted by Gasteiger charge is 2.40. The lowest BCUT2D eigenvalue weighted by Gasteiger charge is -2.38. The summed E-state index contributed by atoms with van der Waals surface area (Å²) in [7, 11) is 0. The normalized spacial score (nSPS) is 43.3. The Morgan fingerprint density at radius 2 is 2.00 bits per heavy atom. The first-order valence-corrected chi connectivity index (χ1v) is 8.80. The molecule has 4 nitrogen and oxygen atoms in total. The van der Waals surface area contributed by atoms with E-state index in [2.05, 4.69) is 17.6 Å². The van der Waals surface area contributed by atoms with Crippen LogP contribution in [-0.4, -0.2) is 35.7 Å². The van der Waals surface area contributed by atoms with Crippen LogP contribution in [-0.2, 0) is 4.79 Å². The van der Waals surface area contributed by atoms with E-state index in [1.807, 2.05) is 0 Å². The number of fused-ring (bicyclic) bond motifs is 1. The zero-order valence-corrected chi connectivity index (χ0v) is 13.2. The van der Waals surface area contributed by atoms with Crippen LogP contribution in [0.15, 0.2) is 0 Å². The van der Waals surface area contributed by atoms with Crippen LogP contribution in [0.4, 0.5) is 0 Å². The molecule has 3 rings (SSSR count). The Hall–Kier alpha value is -0.610. The Morgan fingerprint density at radius 1 is 1.24 bits per heavy atom. The summed E-state index contributed by atoms with van der Waals surface area (Å²) in [6, 6.07) is 0.549. The second kappa shape index (κ2) is 6.25. The first kappa shape index (κ1) is 15.3. The Bertz CT molecular complexity index is 373. The van der Waals surface area contributed by atoms with Gasteiger partial charge >= 0.3 is 0 Å². The van der Waals surface area contributed by atoms with E-state index >= 15 is 0 Å². The molecule has 1 saturated heterocycles. The molecule has 2 aliphatic carbocycles. The van der Waals surface area contributed by atoms with E-state index in [-0.39, 0.29) is 23.5 Å². The van der Waals surface area contributed by atoms with Gasteiger partial charge in [-0.3, -0.25) is 4.79 Å². The van der Waals surface area contributed by atoms with E-state index < -0.39 is 0 Å². The number of hydrogen-bond donors (Lipinski definition) is 3. The van der Waals surface area contributed by atoms with Gasteiger partial charge in [-0.2, -0.15) is 0 Å². The number of nitrogens with one attached hydrogen (secondary N) is 2. The number of hydrogen-bond acceptors (Lipinski definition) is 3. The minimum Gasteiger partial charge on any atom is -0.392 e. The van der Waals surface area contributed by atoms with E-state index in [1.165, 1.54) is 25.7 Å². The summed E-state index contributed by atoms with van der Waals surface area (Å²) in [5, 5.41) is 16.9. The first-order chi connectivity index (χ1) is 10.1. The molecule has 21 heavy (non-hydrogen) atoms. The fourth-order valence-corrected chi connectivity index (χ4v) is 4.52. The molecule has 2 saturated carbocycles. The Morgan fingerprint density at radius 3 is 2.76 bits per heavy atom. The molecule has 0 aromatic rings. The molecule has 1 aliphatic heterocycles. The Kier molecular flexibility index (Phi) is 4.55. The molecular formula is C17H30N2O2. The van der Waals surface area contributed by atoms with E-state index in [1.54, 1.807) is 0 Å². The number of carbonyl (C=O) groups excluding carboxylic acids is 1. The zero-order chi connectivity index (χ0) is 14.9. The SMILES string of the molecule is CC1(CNC(=O)C2CC3CCCCC3N2)CCCCC1O. The second-order valence-electron chi connectivity index (χ2n) is 7.74. The van der Waals surface area contributed by atoms with Crippen molar-refractivity contribution >= 4 is 5.91 Å². The molecule has 3 N–H and O–H groups in total. The minimum absolute atomic E-state index is 0.0116. The van der Waals surface area contributed by atoms with Crippen LogP contribution in [0, 0.1) is 11.3 Å². The van der Waals surface area contributed by atoms with Gasteiger partial charge in [0.05, 0.1) is 12.1 Å². The van der Waals surface area contributed by atoms with Gasteiger partial charge in [0.25, 0.3) is 0 Å². The summed E-state index contributed by atoms with van der Waals surface area (Å²) in [5.41, 5.74) is -0.140. The first-order valence-electron chi connectivity index (χ1n) is 8.80. The van der Waals surface area contributed by atoms with Crippen molar-refractivity contribution in [3.8, 4) is 0 Å². The lowest BCUT2D eigenvalue weighted by molar-refractivity contribution is -0.124. The van der Waals surface area contributed by atoms with E-state index in [0.717, 1.165) is 32.1 Å². The summed E-state index contributed by atoms with van der Waals surface area (Å²) < 4.78 is 0. The van der Waals surface area contributed by atoms with E-state index in [9.17, 15) is 9.90 Å². The van der Waals surface area contributed by atoms with Crippen LogP contribution in [0.2, 0.25) is 0 Å². The smallest absolute Gasteiger partial charge is 0.237 e. The van der Waals surface area contributed by atoms with Crippen LogP contribution in [0.5, 0.6) is 0 Å². The molecule has 0 radical (unpaired) electrons. The van der Waals surface area contributed by atoms with E-state index in [0.29, 0.717) is 18.5 Å². The number of aliphatic hydroxyl groups excluding tert-OH is 1. The molecule has 5 atom stereocenters. The molecule has 1 heterocycles. The minimum atomic E-state index is -0.273. The van der Waals surface area contributed by atoms with Crippen molar-refractivity contribution in [2.24, 2.45) is 11.3 Å². The lowest BCUT2D eigenvalue weighted by Crippen LogP contribution is -2.49. The van der Waals surface area contributed by atoms with Gasteiger partial charge in [-0.25, -0.2) is 0 Å². The van der Waals surface area contributed by atoms with Crippen LogP contribution < -0.4 is 10.6 Å². The van der Waals surface area contributed by atoms with Crippen molar-refractivity contribution in [3.05, 3.63) is 0 Å². The fraction of sp³-hybridized carbons (Fsp3) is 0.941. The fourth-order valence-electron chi connectivity index (χ4n) is 4.52. The van der Waals surface area contributed by atoms with Gasteiger partial charge in [0, 0.05) is 18.0 Å². The van der Waals surface area contributed by atoms with Crippen molar-refractivity contribution in [2.75, 3.05) is 6.54 Å². The topological polar surface area (TPSA) is 61.4 Å². The highest BCUT2D eigenvalue weighted by atomic mass is 16.3. The highest BCUT2D eigenvalue weighted by molar-refractivity contribution is 5.82. The van der Waals surface area contributed by atoms with Crippen molar-refractivity contribution in [1.29, 1.82) is 0 Å². The quantitative estimate of drug-likeness (QED) is 0.746. The number of carbonyl (C=O) groups is 1. The third-order valence-electron chi connectivity index (χ3n) is 6.13. The van der Waals surface area contributed by atoms with Crippen molar-refractivity contribution < 1.29 is 9.90 Å². The van der Waals surface area contributed by atoms with Gasteiger partial charge in [-0.05, 0) is 38.0 Å². The molecule has 120 valence electrons. The lowest BCUT2D eigenvalue weighted by atomic mass is 9.73. The maximum atomic E-state index is 12.4. The zero-order valence-electron chi connectivity index (χ0n) is 13.2. The summed E-state index contributed by atoms with van der Waals surface area (Å²) >= 11 is 0. The molecular weight excluding hydrogens is 264 g/mol. The average molecular weight is 294 g/mol. The van der Waals surface area contributed by atoms with Gasteiger partial charge in [0.2, 0.25) is 5.91 Å². The predicted octanol–water partition coefficient (Wildman–Crippen LogP) is 1.96. The third-order valence-corrected chi connectivity index (χ3v) is 6.13. The molecule has 1 amide bonds. The molecule has 0 spiro atoms. The van der Waals surface area contributed by atoms with Crippen LogP contribution >= 0.6 is 0 Å². The molecule has 0 aromatic carbocycles. The predicted molar refractivity (Wildman–Crippen MR) is 82.9 cm³/mol. The van der Waals surface area contributed by atoms with Crippen LogP contribution in [0.3, 0.4) is 0 Å². The van der Waals surface area contributed by atoms with Crippen LogP contribution in [0.25, 0.3) is 0 Å². The molecule has 4 heteroatoms. The standard InChI is InChI=1S/C17H30N2O2/c1-17(9-5-4-8-15(17)20)11-18-16(21)14-10-12-6-2-3-7-13(12)19-14/h12-15,19-20H,2-11H2,1H3,(H,18,21). The third kappa shape index (κ3) is 3.26. The number of aliphatic hydroxyl groups is 1. The average Bonchev–Trinajstić information content (AvgIpc) is 2.92. The van der Waals surface area contributed by atoms with Gasteiger partial charge in [-0.1, -0.05) is 32.6 Å². The molecule has 0 bridgehead atoms. The van der Waals surface area contributed by atoms with Crippen LogP contribution in [0.1, 0.15) is 64.7 Å². The highest BCUT2D eigenvalue weighted by Crippen LogP contribution is 2.36. The summed E-state index contributed by atoms with van der Waals surface area (Å²) in [4.78, 5) is 12.4. The second-order valence-corrected chi connectivity index (χ2v) is 7.74. The summed E-state index contributed by atoms with van der Waals surface area (Å²) in [5.74, 6) is 0.841. The van der Waals surface area contributed by atoms with E-state index in [4.69, 9.17) is 0 Å². The van der Waals surface area contributed by atoms with Gasteiger partial charge in [0.1, 0.15) is 0 Å². The Labute approximate surface area is 128 Å². The van der Waals surface area contributed by atoms with Gasteiger partial charge < -0.3 is 15.7 Å². The maximum absolute atomic E-state index is 12.4. The number of rotatable bonds is 3. The van der Waals surface area contributed by atoms with Gasteiger partial charge in [0.15, 0.2) is 0 Å². The largest absolute Gasteiger partial charge is 0.392 e. The molecule has 5 unspecified atom stereocenters. The maximum Gasteiger partial charge on any atom is 0.237 e. The molecule has 3 aliphatic rings. The van der Waals surface area contributed by atoms with Crippen molar-refractivity contribution in [3.63, 3.8) is 0 Å². The molecule has 3 fully saturated rings. The molecule has 0 aromatic heterocycles. The summed E-state index contributed by atoms with van der Waals surface area (Å²) in [6.07, 6.45) is 10.0. The van der Waals surface area contributed by atoms with Crippen molar-refractivity contribution in [1.82, 2.24) is 10.6 Å².